The number of benzene rings is 1. The second-order valence-electron chi connectivity index (χ2n) is 5.66. The predicted molar refractivity (Wildman–Crippen MR) is 69.5 cm³/mol. The van der Waals surface area contributed by atoms with Gasteiger partial charge in [-0.3, -0.25) is 0 Å². The zero-order chi connectivity index (χ0) is 12.5. The van der Waals surface area contributed by atoms with E-state index in [1.54, 1.807) is 7.11 Å². The van der Waals surface area contributed by atoms with Crippen LogP contribution in [0.1, 0.15) is 43.7 Å². The van der Waals surface area contributed by atoms with E-state index in [4.69, 9.17) is 4.74 Å². The van der Waals surface area contributed by atoms with Crippen LogP contribution in [0.5, 0.6) is 5.75 Å². The lowest BCUT2D eigenvalue weighted by Crippen LogP contribution is -2.29. The lowest BCUT2D eigenvalue weighted by molar-refractivity contribution is 0.122. The zero-order valence-corrected chi connectivity index (χ0v) is 11.0. The molecule has 94 valence electrons. The van der Waals surface area contributed by atoms with Gasteiger partial charge in [0.05, 0.1) is 7.11 Å². The third kappa shape index (κ3) is 2.32. The van der Waals surface area contributed by atoms with Crippen molar-refractivity contribution in [1.82, 2.24) is 0 Å². The second kappa shape index (κ2) is 4.69. The van der Waals surface area contributed by atoms with Gasteiger partial charge in [0, 0.05) is 6.61 Å². The Bertz CT molecular complexity index is 396. The third-order valence-electron chi connectivity index (χ3n) is 4.02. The Kier molecular flexibility index (Phi) is 3.43. The molecule has 0 radical (unpaired) electrons. The van der Waals surface area contributed by atoms with Gasteiger partial charge in [-0.05, 0) is 53.9 Å². The van der Waals surface area contributed by atoms with Crippen molar-refractivity contribution < 1.29 is 9.84 Å². The molecule has 0 bridgehead atoms. The number of aliphatic hydroxyl groups excluding tert-OH is 1. The minimum absolute atomic E-state index is 0.0379. The average Bonchev–Trinajstić information content (AvgIpc) is 2.37. The van der Waals surface area contributed by atoms with Crippen molar-refractivity contribution in [2.45, 2.75) is 39.0 Å². The summed E-state index contributed by atoms with van der Waals surface area (Å²) in [6.45, 7) is 4.54. The highest BCUT2D eigenvalue weighted by Gasteiger charge is 2.33. The van der Waals surface area contributed by atoms with Gasteiger partial charge in [-0.15, -0.1) is 0 Å². The number of fused-ring (bicyclic) bond motifs is 1. The first kappa shape index (κ1) is 12.4. The first-order valence-electron chi connectivity index (χ1n) is 6.36. The van der Waals surface area contributed by atoms with Gasteiger partial charge in [0.1, 0.15) is 5.75 Å². The zero-order valence-electron chi connectivity index (χ0n) is 11.0. The maximum absolute atomic E-state index is 9.55. The molecule has 0 fully saturated rings. The molecule has 1 aromatic carbocycles. The highest BCUT2D eigenvalue weighted by Crippen LogP contribution is 2.44. The minimum Gasteiger partial charge on any atom is -0.497 e. The topological polar surface area (TPSA) is 29.5 Å². The smallest absolute Gasteiger partial charge is 0.119 e. The minimum atomic E-state index is -0.0379. The number of hydrogen-bond acceptors (Lipinski definition) is 2. The highest BCUT2D eigenvalue weighted by molar-refractivity contribution is 5.40. The highest BCUT2D eigenvalue weighted by atomic mass is 16.5. The fraction of sp³-hybridized carbons (Fsp3) is 0.600. The van der Waals surface area contributed by atoms with Crippen molar-refractivity contribution in [2.75, 3.05) is 13.7 Å². The molecule has 0 aliphatic heterocycles. The monoisotopic (exact) mass is 234 g/mol. The van der Waals surface area contributed by atoms with Crippen LogP contribution >= 0.6 is 0 Å². The molecule has 1 atom stereocenters. The average molecular weight is 234 g/mol. The summed E-state index contributed by atoms with van der Waals surface area (Å²) in [5.74, 6) is 1.40. The van der Waals surface area contributed by atoms with Crippen molar-refractivity contribution in [3.63, 3.8) is 0 Å². The van der Waals surface area contributed by atoms with E-state index in [0.29, 0.717) is 5.92 Å². The normalized spacial score (nSPS) is 19.9. The number of rotatable bonds is 3. The Labute approximate surface area is 104 Å². The summed E-state index contributed by atoms with van der Waals surface area (Å²) in [6, 6.07) is 6.36. The molecule has 2 heteroatoms. The van der Waals surface area contributed by atoms with Crippen molar-refractivity contribution in [1.29, 1.82) is 0 Å². The molecular weight excluding hydrogens is 212 g/mol. The number of aryl methyl sites for hydroxylation is 1. The molecule has 0 saturated heterocycles. The third-order valence-corrected chi connectivity index (χ3v) is 4.02. The Morgan fingerprint density at radius 2 is 2.18 bits per heavy atom. The summed E-state index contributed by atoms with van der Waals surface area (Å²) in [4.78, 5) is 0. The number of hydrogen-bond donors (Lipinski definition) is 1. The van der Waals surface area contributed by atoms with Gasteiger partial charge in [-0.2, -0.15) is 0 Å². The van der Waals surface area contributed by atoms with E-state index in [0.717, 1.165) is 12.2 Å². The van der Waals surface area contributed by atoms with E-state index in [-0.39, 0.29) is 12.0 Å². The van der Waals surface area contributed by atoms with Gasteiger partial charge < -0.3 is 9.84 Å². The van der Waals surface area contributed by atoms with Crippen molar-refractivity contribution >= 4 is 0 Å². The summed E-state index contributed by atoms with van der Waals surface area (Å²) in [5, 5.41) is 9.55. The summed E-state index contributed by atoms with van der Waals surface area (Å²) < 4.78 is 5.28. The molecule has 1 unspecified atom stereocenters. The van der Waals surface area contributed by atoms with E-state index >= 15 is 0 Å². The standard InChI is InChI=1S/C15H22O2/c1-15(2,10-16)14-6-4-5-11-9-12(17-3)7-8-13(11)14/h7-9,14,16H,4-6,10H2,1-3H3. The lowest BCUT2D eigenvalue weighted by Gasteiger charge is -2.37. The van der Waals surface area contributed by atoms with Gasteiger partial charge in [0.2, 0.25) is 0 Å². The molecule has 2 nitrogen and oxygen atoms in total. The van der Waals surface area contributed by atoms with Crippen LogP contribution in [-0.2, 0) is 6.42 Å². The maximum atomic E-state index is 9.55. The van der Waals surface area contributed by atoms with Crippen molar-refractivity contribution in [3.05, 3.63) is 29.3 Å². The predicted octanol–water partition coefficient (Wildman–Crippen LogP) is 3.13. The second-order valence-corrected chi connectivity index (χ2v) is 5.66. The van der Waals surface area contributed by atoms with Crippen LogP contribution in [0.4, 0.5) is 0 Å². The Morgan fingerprint density at radius 3 is 2.82 bits per heavy atom. The summed E-state index contributed by atoms with van der Waals surface area (Å²) in [5.41, 5.74) is 2.75. The fourth-order valence-electron chi connectivity index (χ4n) is 2.84. The van der Waals surface area contributed by atoms with E-state index < -0.39 is 0 Å². The van der Waals surface area contributed by atoms with Crippen LogP contribution in [0.2, 0.25) is 0 Å². The molecular formula is C15H22O2. The van der Waals surface area contributed by atoms with Crippen LogP contribution in [0, 0.1) is 5.41 Å². The molecule has 0 saturated carbocycles. The Balaban J connectivity index is 2.38. The molecule has 0 aromatic heterocycles. The quantitative estimate of drug-likeness (QED) is 0.870. The maximum Gasteiger partial charge on any atom is 0.119 e. The van der Waals surface area contributed by atoms with Gasteiger partial charge in [-0.1, -0.05) is 19.9 Å². The van der Waals surface area contributed by atoms with Crippen LogP contribution in [0.25, 0.3) is 0 Å². The van der Waals surface area contributed by atoms with Crippen LogP contribution < -0.4 is 4.74 Å². The molecule has 0 amide bonds. The molecule has 1 aliphatic carbocycles. The molecule has 0 heterocycles. The largest absolute Gasteiger partial charge is 0.497 e. The molecule has 17 heavy (non-hydrogen) atoms. The SMILES string of the molecule is COc1ccc2c(c1)CCCC2C(C)(C)CO. The summed E-state index contributed by atoms with van der Waals surface area (Å²) in [6.07, 6.45) is 3.51. The number of methoxy groups -OCH3 is 1. The molecule has 1 aromatic rings. The fourth-order valence-corrected chi connectivity index (χ4v) is 2.84. The first-order valence-corrected chi connectivity index (χ1v) is 6.36. The van der Waals surface area contributed by atoms with Crippen LogP contribution in [0.3, 0.4) is 0 Å². The van der Waals surface area contributed by atoms with E-state index in [9.17, 15) is 5.11 Å². The number of ether oxygens (including phenoxy) is 1. The van der Waals surface area contributed by atoms with Gasteiger partial charge in [0.15, 0.2) is 0 Å². The van der Waals surface area contributed by atoms with E-state index in [1.165, 1.54) is 24.0 Å². The Hall–Kier alpha value is -1.02. The Morgan fingerprint density at radius 1 is 1.41 bits per heavy atom. The van der Waals surface area contributed by atoms with Gasteiger partial charge in [-0.25, -0.2) is 0 Å². The molecule has 2 rings (SSSR count). The van der Waals surface area contributed by atoms with E-state index in [2.05, 4.69) is 26.0 Å². The number of aliphatic hydroxyl groups is 1. The summed E-state index contributed by atoms with van der Waals surface area (Å²) in [7, 11) is 1.71. The molecule has 1 N–H and O–H groups in total. The molecule has 0 spiro atoms. The lowest BCUT2D eigenvalue weighted by atomic mass is 9.69. The van der Waals surface area contributed by atoms with Gasteiger partial charge >= 0.3 is 0 Å². The van der Waals surface area contributed by atoms with Crippen molar-refractivity contribution in [3.8, 4) is 5.75 Å². The first-order chi connectivity index (χ1) is 8.08. The van der Waals surface area contributed by atoms with Crippen molar-refractivity contribution in [2.24, 2.45) is 5.41 Å². The summed E-state index contributed by atoms with van der Waals surface area (Å²) >= 11 is 0. The van der Waals surface area contributed by atoms with Crippen LogP contribution in [-0.4, -0.2) is 18.8 Å². The molecule has 1 aliphatic rings. The van der Waals surface area contributed by atoms with Crippen LogP contribution in [0.15, 0.2) is 18.2 Å². The van der Waals surface area contributed by atoms with Gasteiger partial charge in [0.25, 0.3) is 0 Å². The van der Waals surface area contributed by atoms with E-state index in [1.807, 2.05) is 6.07 Å².